The molecule has 0 spiro atoms. The van der Waals surface area contributed by atoms with Gasteiger partial charge in [-0.1, -0.05) is 37.1 Å². The van der Waals surface area contributed by atoms with E-state index in [2.05, 4.69) is 40.3 Å². The van der Waals surface area contributed by atoms with E-state index in [0.29, 0.717) is 6.54 Å². The fourth-order valence-electron chi connectivity index (χ4n) is 3.86. The van der Waals surface area contributed by atoms with Gasteiger partial charge in [-0.2, -0.15) is 0 Å². The fourth-order valence-corrected chi connectivity index (χ4v) is 3.86. The third-order valence-corrected chi connectivity index (χ3v) is 5.26. The highest BCUT2D eigenvalue weighted by molar-refractivity contribution is 5.81. The Labute approximate surface area is 159 Å². The van der Waals surface area contributed by atoms with E-state index in [9.17, 15) is 4.79 Å². The summed E-state index contributed by atoms with van der Waals surface area (Å²) in [6.07, 6.45) is 7.63. The van der Waals surface area contributed by atoms with Crippen molar-refractivity contribution in [3.8, 4) is 11.1 Å². The van der Waals surface area contributed by atoms with Crippen molar-refractivity contribution >= 4 is 17.1 Å². The quantitative estimate of drug-likeness (QED) is 0.669. The van der Waals surface area contributed by atoms with Gasteiger partial charge in [0.05, 0.1) is 18.1 Å². The number of methoxy groups -OCH3 is 1. The van der Waals surface area contributed by atoms with Crippen molar-refractivity contribution in [3.63, 3.8) is 0 Å². The molecule has 1 saturated carbocycles. The highest BCUT2D eigenvalue weighted by atomic mass is 16.5. The Balaban J connectivity index is 1.61. The van der Waals surface area contributed by atoms with Crippen molar-refractivity contribution in [1.29, 1.82) is 0 Å². The molecule has 138 valence electrons. The van der Waals surface area contributed by atoms with Crippen molar-refractivity contribution < 1.29 is 9.53 Å². The van der Waals surface area contributed by atoms with Crippen LogP contribution in [0.25, 0.3) is 22.2 Å². The lowest BCUT2D eigenvalue weighted by molar-refractivity contribution is 0.102. The maximum absolute atomic E-state index is 12.3. The lowest BCUT2D eigenvalue weighted by Crippen LogP contribution is -2.38. The third kappa shape index (κ3) is 3.77. The summed E-state index contributed by atoms with van der Waals surface area (Å²) in [6.45, 7) is 0.568. The molecule has 5 nitrogen and oxygen atoms in total. The van der Waals surface area contributed by atoms with Crippen molar-refractivity contribution in [2.24, 2.45) is 0 Å². The summed E-state index contributed by atoms with van der Waals surface area (Å²) >= 11 is 0. The van der Waals surface area contributed by atoms with Gasteiger partial charge >= 0.3 is 6.09 Å². The summed E-state index contributed by atoms with van der Waals surface area (Å²) in [5.41, 5.74) is 5.06. The first-order chi connectivity index (χ1) is 13.2. The largest absolute Gasteiger partial charge is 0.453 e. The van der Waals surface area contributed by atoms with Gasteiger partial charge < -0.3 is 9.64 Å². The topological polar surface area (TPSA) is 55.3 Å². The van der Waals surface area contributed by atoms with Gasteiger partial charge in [0.25, 0.3) is 0 Å². The van der Waals surface area contributed by atoms with Crippen LogP contribution in [0.5, 0.6) is 0 Å². The predicted molar refractivity (Wildman–Crippen MR) is 105 cm³/mol. The maximum Gasteiger partial charge on any atom is 0.410 e. The molecule has 0 radical (unpaired) electrons. The first-order valence-corrected chi connectivity index (χ1v) is 9.39. The van der Waals surface area contributed by atoms with Crippen LogP contribution in [0.3, 0.4) is 0 Å². The van der Waals surface area contributed by atoms with E-state index in [4.69, 9.17) is 4.74 Å². The summed E-state index contributed by atoms with van der Waals surface area (Å²) in [6, 6.07) is 14.7. The van der Waals surface area contributed by atoms with E-state index in [-0.39, 0.29) is 12.1 Å². The Morgan fingerprint density at radius 2 is 1.78 bits per heavy atom. The second kappa shape index (κ2) is 7.74. The molecule has 0 bridgehead atoms. The van der Waals surface area contributed by atoms with Gasteiger partial charge in [-0.05, 0) is 47.7 Å². The average Bonchev–Trinajstić information content (AvgIpc) is 3.26. The lowest BCUT2D eigenvalue weighted by Gasteiger charge is -2.27. The Morgan fingerprint density at radius 3 is 2.56 bits per heavy atom. The normalized spacial score (nSPS) is 14.4. The molecule has 27 heavy (non-hydrogen) atoms. The van der Waals surface area contributed by atoms with Crippen LogP contribution >= 0.6 is 0 Å². The fraction of sp³-hybridized carbons (Fsp3) is 0.318. The minimum absolute atomic E-state index is 0.242. The van der Waals surface area contributed by atoms with Crippen LogP contribution in [0, 0.1) is 0 Å². The highest BCUT2D eigenvalue weighted by Crippen LogP contribution is 2.27. The molecule has 1 aliphatic rings. The van der Waals surface area contributed by atoms with Crippen molar-refractivity contribution in [2.45, 2.75) is 38.3 Å². The SMILES string of the molecule is COC(=O)N(Cc1cccc(-c2ccc3nccnc3c2)c1)C1CCCC1. The summed E-state index contributed by atoms with van der Waals surface area (Å²) < 4.78 is 5.03. The molecule has 0 saturated heterocycles. The van der Waals surface area contributed by atoms with Gasteiger partial charge in [-0.25, -0.2) is 4.79 Å². The second-order valence-electron chi connectivity index (χ2n) is 7.00. The number of carbonyl (C=O) groups excluding carboxylic acids is 1. The molecule has 0 aliphatic heterocycles. The number of rotatable bonds is 4. The minimum Gasteiger partial charge on any atom is -0.453 e. The zero-order chi connectivity index (χ0) is 18.6. The summed E-state index contributed by atoms with van der Waals surface area (Å²) in [4.78, 5) is 22.9. The number of benzene rings is 2. The van der Waals surface area contributed by atoms with Crippen LogP contribution in [-0.2, 0) is 11.3 Å². The molecule has 2 aromatic carbocycles. The third-order valence-electron chi connectivity index (χ3n) is 5.26. The first-order valence-electron chi connectivity index (χ1n) is 9.39. The maximum atomic E-state index is 12.3. The van der Waals surface area contributed by atoms with E-state index in [0.717, 1.165) is 40.6 Å². The standard InChI is InChI=1S/C22H23N3O2/c1-27-22(26)25(19-7-2-3-8-19)15-16-5-4-6-17(13-16)18-9-10-20-21(14-18)24-12-11-23-20/h4-6,9-14,19H,2-3,7-8,15H2,1H3. The smallest absolute Gasteiger partial charge is 0.410 e. The van der Waals surface area contributed by atoms with Crippen LogP contribution < -0.4 is 0 Å². The Bertz CT molecular complexity index is 951. The number of amides is 1. The molecule has 0 unspecified atom stereocenters. The van der Waals surface area contributed by atoms with E-state index in [1.165, 1.54) is 20.0 Å². The number of hydrogen-bond donors (Lipinski definition) is 0. The number of ether oxygens (including phenoxy) is 1. The molecule has 1 heterocycles. The summed E-state index contributed by atoms with van der Waals surface area (Å²) in [7, 11) is 1.46. The monoisotopic (exact) mass is 361 g/mol. The Morgan fingerprint density at radius 1 is 1.04 bits per heavy atom. The van der Waals surface area contributed by atoms with Crippen LogP contribution in [0.1, 0.15) is 31.2 Å². The van der Waals surface area contributed by atoms with Gasteiger partial charge in [-0.15, -0.1) is 0 Å². The number of fused-ring (bicyclic) bond motifs is 1. The molecular weight excluding hydrogens is 338 g/mol. The molecule has 1 amide bonds. The number of nitrogens with zero attached hydrogens (tertiary/aromatic N) is 3. The number of aromatic nitrogens is 2. The van der Waals surface area contributed by atoms with E-state index < -0.39 is 0 Å². The molecule has 1 fully saturated rings. The van der Waals surface area contributed by atoms with Gasteiger partial charge in [0.2, 0.25) is 0 Å². The molecule has 3 aromatic rings. The molecule has 5 heteroatoms. The van der Waals surface area contributed by atoms with Crippen molar-refractivity contribution in [1.82, 2.24) is 14.9 Å². The lowest BCUT2D eigenvalue weighted by atomic mass is 10.0. The van der Waals surface area contributed by atoms with Gasteiger partial charge in [0, 0.05) is 25.0 Å². The van der Waals surface area contributed by atoms with Crippen LogP contribution in [-0.4, -0.2) is 34.1 Å². The number of carbonyl (C=O) groups is 1. The molecule has 1 aliphatic carbocycles. The molecular formula is C22H23N3O2. The Hall–Kier alpha value is -2.95. The molecule has 4 rings (SSSR count). The Kier molecular flexibility index (Phi) is 5.01. The highest BCUT2D eigenvalue weighted by Gasteiger charge is 2.27. The first kappa shape index (κ1) is 17.5. The molecule has 1 aromatic heterocycles. The van der Waals surface area contributed by atoms with Gasteiger partial charge in [0.15, 0.2) is 0 Å². The van der Waals surface area contributed by atoms with Crippen molar-refractivity contribution in [3.05, 3.63) is 60.4 Å². The zero-order valence-electron chi connectivity index (χ0n) is 15.5. The average molecular weight is 361 g/mol. The summed E-state index contributed by atoms with van der Waals surface area (Å²) in [5.74, 6) is 0. The van der Waals surface area contributed by atoms with Crippen LogP contribution in [0.15, 0.2) is 54.9 Å². The predicted octanol–water partition coefficient (Wildman–Crippen LogP) is 4.81. The number of hydrogen-bond acceptors (Lipinski definition) is 4. The second-order valence-corrected chi connectivity index (χ2v) is 7.00. The van der Waals surface area contributed by atoms with Crippen LogP contribution in [0.2, 0.25) is 0 Å². The van der Waals surface area contributed by atoms with Gasteiger partial charge in [0.1, 0.15) is 0 Å². The van der Waals surface area contributed by atoms with E-state index in [1.54, 1.807) is 12.4 Å². The minimum atomic E-state index is -0.242. The molecule has 0 N–H and O–H groups in total. The summed E-state index contributed by atoms with van der Waals surface area (Å²) in [5, 5.41) is 0. The molecule has 0 atom stereocenters. The van der Waals surface area contributed by atoms with E-state index >= 15 is 0 Å². The zero-order valence-corrected chi connectivity index (χ0v) is 15.5. The van der Waals surface area contributed by atoms with E-state index in [1.807, 2.05) is 17.0 Å². The van der Waals surface area contributed by atoms with Crippen LogP contribution in [0.4, 0.5) is 4.79 Å². The van der Waals surface area contributed by atoms with Gasteiger partial charge in [-0.3, -0.25) is 9.97 Å². The van der Waals surface area contributed by atoms with Crippen molar-refractivity contribution in [2.75, 3.05) is 7.11 Å².